The summed E-state index contributed by atoms with van der Waals surface area (Å²) in [6, 6.07) is 3.72. The summed E-state index contributed by atoms with van der Waals surface area (Å²) in [7, 11) is 1.34. The number of Topliss-reactive ketones (excluding diaryl/α,β-unsaturated/α-hetero) is 3. The highest BCUT2D eigenvalue weighted by Crippen LogP contribution is 2.51. The van der Waals surface area contributed by atoms with E-state index >= 15 is 0 Å². The molecule has 0 spiro atoms. The molecule has 39 heavy (non-hydrogen) atoms. The summed E-state index contributed by atoms with van der Waals surface area (Å²) in [5.41, 5.74) is 3.58. The van der Waals surface area contributed by atoms with Crippen LogP contribution in [0.15, 0.2) is 40.9 Å². The number of carbonyl (C=O) groups excluding carboxylic acids is 3. The lowest BCUT2D eigenvalue weighted by Gasteiger charge is -2.45. The molecule has 0 bridgehead atoms. The van der Waals surface area contributed by atoms with E-state index in [1.165, 1.54) is 25.3 Å². The Morgan fingerprint density at radius 1 is 1.18 bits per heavy atom. The number of fused-ring (bicyclic) bond motifs is 3. The van der Waals surface area contributed by atoms with Crippen LogP contribution in [0, 0.1) is 11.8 Å². The van der Waals surface area contributed by atoms with Gasteiger partial charge in [0.25, 0.3) is 0 Å². The summed E-state index contributed by atoms with van der Waals surface area (Å²) in [5, 5.41) is 53.8. The predicted octanol–water partition coefficient (Wildman–Crippen LogP) is 0.239. The zero-order chi connectivity index (χ0) is 28.4. The number of carbonyl (C=O) groups is 3. The number of allylic oxidation sites excluding steroid dienone is 2. The number of rotatable bonds is 5. The molecule has 210 valence electrons. The molecule has 1 saturated carbocycles. The van der Waals surface area contributed by atoms with Crippen molar-refractivity contribution in [1.29, 1.82) is 0 Å². The molecule has 2 fully saturated rings. The van der Waals surface area contributed by atoms with E-state index in [9.17, 15) is 39.9 Å². The van der Waals surface area contributed by atoms with Gasteiger partial charge in [-0.25, -0.2) is 0 Å². The first-order chi connectivity index (χ1) is 18.4. The minimum absolute atomic E-state index is 0.00597. The Labute approximate surface area is 223 Å². The molecule has 1 aromatic carbocycles. The lowest BCUT2D eigenvalue weighted by Crippen LogP contribution is -2.55. The number of hydrogen-bond acceptors (Lipinski definition) is 12. The molecule has 3 aliphatic carbocycles. The zero-order valence-electron chi connectivity index (χ0n) is 21.4. The fourth-order valence-corrected chi connectivity index (χ4v) is 6.15. The van der Waals surface area contributed by atoms with Gasteiger partial charge in [0.05, 0.1) is 42.8 Å². The van der Waals surface area contributed by atoms with E-state index in [4.69, 9.17) is 19.9 Å². The standard InChI is InChI=1S/C27H31NO11/c1-10-22(31)13(28)6-17(38-10)39-15-8-27(36,16(30)9-29)7-12-19(15)26(35)21-20(24(12)33)23(32)11-4-3-5-14(37-2)18(11)25(21)34/h3-5,10,13,15,17,20-22,29,31,33,35-36H,6-9,28H2,1-2H3/t10?,13?,15-,17+,20?,21?,22+,27-/m0/s1. The number of aliphatic hydroxyl groups excluding tert-OH is 4. The molecule has 0 aromatic heterocycles. The van der Waals surface area contributed by atoms with Crippen LogP contribution < -0.4 is 10.5 Å². The Bertz CT molecular complexity index is 1290. The van der Waals surface area contributed by atoms with E-state index in [0.717, 1.165) is 0 Å². The Morgan fingerprint density at radius 2 is 1.87 bits per heavy atom. The molecular formula is C27H31NO11. The van der Waals surface area contributed by atoms with Gasteiger partial charge in [-0.05, 0) is 13.0 Å². The smallest absolute Gasteiger partial charge is 0.190 e. The Balaban J connectivity index is 1.63. The van der Waals surface area contributed by atoms with Crippen LogP contribution in [0.1, 0.15) is 46.9 Å². The van der Waals surface area contributed by atoms with E-state index in [-0.39, 0.29) is 34.4 Å². The highest BCUT2D eigenvalue weighted by atomic mass is 16.7. The van der Waals surface area contributed by atoms with Crippen molar-refractivity contribution in [3.05, 3.63) is 52.0 Å². The second kappa shape index (κ2) is 9.81. The highest BCUT2D eigenvalue weighted by molar-refractivity contribution is 6.19. The fourth-order valence-electron chi connectivity index (χ4n) is 6.15. The molecule has 0 amide bonds. The summed E-state index contributed by atoms with van der Waals surface area (Å²) >= 11 is 0. The van der Waals surface area contributed by atoms with Crippen molar-refractivity contribution in [2.45, 2.75) is 62.4 Å². The molecule has 4 unspecified atom stereocenters. The van der Waals surface area contributed by atoms with Gasteiger partial charge in [-0.1, -0.05) is 12.1 Å². The third-order valence-electron chi connectivity index (χ3n) is 8.20. The van der Waals surface area contributed by atoms with Gasteiger partial charge in [-0.15, -0.1) is 0 Å². The van der Waals surface area contributed by atoms with Gasteiger partial charge in [0, 0.05) is 42.0 Å². The van der Waals surface area contributed by atoms with Gasteiger partial charge in [0.2, 0.25) is 0 Å². The topological polar surface area (TPSA) is 206 Å². The Kier molecular flexibility index (Phi) is 6.90. The maximum absolute atomic E-state index is 13.7. The quantitative estimate of drug-likeness (QED) is 0.294. The molecular weight excluding hydrogens is 514 g/mol. The van der Waals surface area contributed by atoms with E-state index in [2.05, 4.69) is 0 Å². The SMILES string of the molecule is COc1cccc2c1C(=O)C1C(O)=C3C(=C(O)C1C2=O)C[C@@](O)(C(=O)CO)C[C@@H]3O[C@@H]1CC(N)[C@H](O)C(C)O1. The molecule has 1 aliphatic heterocycles. The molecule has 1 saturated heterocycles. The van der Waals surface area contributed by atoms with Gasteiger partial charge in [-0.2, -0.15) is 0 Å². The first-order valence-corrected chi connectivity index (χ1v) is 12.6. The second-order valence-corrected chi connectivity index (χ2v) is 10.5. The molecule has 5 rings (SSSR count). The third-order valence-corrected chi connectivity index (χ3v) is 8.20. The van der Waals surface area contributed by atoms with Gasteiger partial charge in [0.15, 0.2) is 23.6 Å². The highest BCUT2D eigenvalue weighted by Gasteiger charge is 2.56. The monoisotopic (exact) mass is 545 g/mol. The average Bonchev–Trinajstić information content (AvgIpc) is 2.90. The van der Waals surface area contributed by atoms with Crippen LogP contribution in [-0.2, 0) is 14.3 Å². The summed E-state index contributed by atoms with van der Waals surface area (Å²) in [4.78, 5) is 39.9. The summed E-state index contributed by atoms with van der Waals surface area (Å²) < 4.78 is 17.0. The normalized spacial score (nSPS) is 36.3. The minimum atomic E-state index is -2.22. The lowest BCUT2D eigenvalue weighted by molar-refractivity contribution is -0.240. The largest absolute Gasteiger partial charge is 0.511 e. The van der Waals surface area contributed by atoms with E-state index in [0.29, 0.717) is 0 Å². The van der Waals surface area contributed by atoms with Crippen molar-refractivity contribution in [3.8, 4) is 5.75 Å². The van der Waals surface area contributed by atoms with Crippen molar-refractivity contribution in [3.63, 3.8) is 0 Å². The molecule has 12 nitrogen and oxygen atoms in total. The summed E-state index contributed by atoms with van der Waals surface area (Å²) in [5.74, 6) is -6.24. The maximum Gasteiger partial charge on any atom is 0.190 e. The van der Waals surface area contributed by atoms with Crippen molar-refractivity contribution in [1.82, 2.24) is 0 Å². The van der Waals surface area contributed by atoms with Gasteiger partial charge in [-0.3, -0.25) is 14.4 Å². The Morgan fingerprint density at radius 3 is 2.51 bits per heavy atom. The minimum Gasteiger partial charge on any atom is -0.511 e. The maximum atomic E-state index is 13.7. The molecule has 0 radical (unpaired) electrons. The lowest BCUT2D eigenvalue weighted by atomic mass is 9.63. The second-order valence-electron chi connectivity index (χ2n) is 10.5. The van der Waals surface area contributed by atoms with Crippen LogP contribution in [0.4, 0.5) is 0 Å². The molecule has 4 aliphatic rings. The fraction of sp³-hybridized carbons (Fsp3) is 0.519. The molecule has 8 atom stereocenters. The van der Waals surface area contributed by atoms with Crippen LogP contribution in [0.5, 0.6) is 5.75 Å². The van der Waals surface area contributed by atoms with Crippen LogP contribution in [0.25, 0.3) is 0 Å². The van der Waals surface area contributed by atoms with E-state index in [1.807, 2.05) is 0 Å². The number of ether oxygens (including phenoxy) is 3. The number of nitrogens with two attached hydrogens (primary N) is 1. The van der Waals surface area contributed by atoms with Gasteiger partial charge in [0.1, 0.15) is 29.5 Å². The number of aliphatic hydroxyl groups is 5. The zero-order valence-corrected chi connectivity index (χ0v) is 21.4. The molecule has 12 heteroatoms. The number of hydrogen-bond donors (Lipinski definition) is 6. The third kappa shape index (κ3) is 4.19. The van der Waals surface area contributed by atoms with Crippen molar-refractivity contribution in [2.24, 2.45) is 17.6 Å². The molecule has 1 aromatic rings. The summed E-state index contributed by atoms with van der Waals surface area (Å²) in [6.45, 7) is 0.579. The number of ketones is 3. The Hall–Kier alpha value is -3.13. The summed E-state index contributed by atoms with van der Waals surface area (Å²) in [6.07, 6.45) is -4.99. The first kappa shape index (κ1) is 27.4. The molecule has 7 N–H and O–H groups in total. The van der Waals surface area contributed by atoms with Crippen molar-refractivity contribution in [2.75, 3.05) is 13.7 Å². The number of benzene rings is 1. The van der Waals surface area contributed by atoms with E-state index in [1.54, 1.807) is 6.92 Å². The van der Waals surface area contributed by atoms with Gasteiger partial charge < -0.3 is 45.5 Å². The van der Waals surface area contributed by atoms with Crippen LogP contribution in [0.2, 0.25) is 0 Å². The average molecular weight is 546 g/mol. The van der Waals surface area contributed by atoms with Crippen LogP contribution in [-0.4, -0.2) is 92.8 Å². The van der Waals surface area contributed by atoms with Gasteiger partial charge >= 0.3 is 0 Å². The first-order valence-electron chi connectivity index (χ1n) is 12.6. The van der Waals surface area contributed by atoms with Crippen LogP contribution in [0.3, 0.4) is 0 Å². The van der Waals surface area contributed by atoms with E-state index < -0.39 is 96.4 Å². The number of methoxy groups -OCH3 is 1. The van der Waals surface area contributed by atoms with Crippen LogP contribution >= 0.6 is 0 Å². The molecule has 1 heterocycles. The van der Waals surface area contributed by atoms with Crippen molar-refractivity contribution < 1.29 is 54.1 Å². The van der Waals surface area contributed by atoms with Crippen molar-refractivity contribution >= 4 is 17.3 Å². The predicted molar refractivity (Wildman–Crippen MR) is 132 cm³/mol.